The summed E-state index contributed by atoms with van der Waals surface area (Å²) in [6.07, 6.45) is 3.47. The Bertz CT molecular complexity index is 165. The minimum atomic E-state index is 0.192. The van der Waals surface area contributed by atoms with E-state index in [0.717, 1.165) is 5.54 Å². The predicted molar refractivity (Wildman–Crippen MR) is 87.3 cm³/mol. The molecular formula is C15H36N2Si. The zero-order chi connectivity index (χ0) is 14.0. The standard InChI is InChI=1S/C15H36N2Si/c1-7-16(8-2)15(17(9-3)10-4)12-11-13-18-14(5)6/h14-15H,7-13,18H2,1-6H3. The van der Waals surface area contributed by atoms with Crippen LogP contribution in [0.2, 0.25) is 11.6 Å². The van der Waals surface area contributed by atoms with E-state index in [1.807, 2.05) is 0 Å². The van der Waals surface area contributed by atoms with Gasteiger partial charge in [-0.3, -0.25) is 9.80 Å². The molecule has 0 saturated heterocycles. The van der Waals surface area contributed by atoms with Gasteiger partial charge >= 0.3 is 0 Å². The fraction of sp³-hybridized carbons (Fsp3) is 1.00. The smallest absolute Gasteiger partial charge is 0.0621 e. The average Bonchev–Trinajstić information content (AvgIpc) is 2.36. The molecule has 18 heavy (non-hydrogen) atoms. The lowest BCUT2D eigenvalue weighted by atomic mass is 10.2. The van der Waals surface area contributed by atoms with E-state index in [0.29, 0.717) is 6.17 Å². The van der Waals surface area contributed by atoms with Crippen molar-refractivity contribution in [3.05, 3.63) is 0 Å². The molecule has 0 aromatic carbocycles. The highest BCUT2D eigenvalue weighted by atomic mass is 28.2. The lowest BCUT2D eigenvalue weighted by molar-refractivity contribution is 0.0496. The third kappa shape index (κ3) is 6.91. The summed E-state index contributed by atoms with van der Waals surface area (Å²) in [5, 5.41) is 0. The molecule has 0 unspecified atom stereocenters. The van der Waals surface area contributed by atoms with Crippen molar-refractivity contribution in [1.29, 1.82) is 0 Å². The van der Waals surface area contributed by atoms with E-state index in [-0.39, 0.29) is 9.52 Å². The Morgan fingerprint density at radius 2 is 1.28 bits per heavy atom. The van der Waals surface area contributed by atoms with Crippen LogP contribution in [0.1, 0.15) is 54.4 Å². The minimum Gasteiger partial charge on any atom is -0.288 e. The summed E-state index contributed by atoms with van der Waals surface area (Å²) in [6.45, 7) is 18.7. The van der Waals surface area contributed by atoms with Crippen LogP contribution in [0, 0.1) is 0 Å². The first kappa shape index (κ1) is 18.1. The molecule has 0 saturated carbocycles. The molecule has 0 aliphatic carbocycles. The molecule has 0 radical (unpaired) electrons. The first-order chi connectivity index (χ1) is 8.60. The number of hydrogen-bond acceptors (Lipinski definition) is 2. The second-order valence-electron chi connectivity index (χ2n) is 5.60. The van der Waals surface area contributed by atoms with Crippen molar-refractivity contribution in [2.45, 2.75) is 72.1 Å². The summed E-state index contributed by atoms with van der Waals surface area (Å²) in [5.74, 6) is 0. The topological polar surface area (TPSA) is 6.48 Å². The molecule has 0 atom stereocenters. The second-order valence-corrected chi connectivity index (χ2v) is 8.52. The van der Waals surface area contributed by atoms with Gasteiger partial charge in [0.15, 0.2) is 0 Å². The molecule has 3 heteroatoms. The van der Waals surface area contributed by atoms with Gasteiger partial charge in [-0.1, -0.05) is 59.5 Å². The Balaban J connectivity index is 4.28. The highest BCUT2D eigenvalue weighted by molar-refractivity contribution is 6.37. The van der Waals surface area contributed by atoms with Gasteiger partial charge in [0.1, 0.15) is 0 Å². The molecule has 0 spiro atoms. The Labute approximate surface area is 118 Å². The molecule has 0 aliphatic rings. The van der Waals surface area contributed by atoms with Crippen molar-refractivity contribution in [1.82, 2.24) is 9.80 Å². The van der Waals surface area contributed by atoms with Crippen LogP contribution in [0.4, 0.5) is 0 Å². The Hall–Kier alpha value is 0.137. The van der Waals surface area contributed by atoms with Gasteiger partial charge in [-0.05, 0) is 32.6 Å². The molecule has 0 amide bonds. The van der Waals surface area contributed by atoms with Crippen molar-refractivity contribution in [3.8, 4) is 0 Å². The van der Waals surface area contributed by atoms with Crippen LogP contribution in [0.3, 0.4) is 0 Å². The van der Waals surface area contributed by atoms with Gasteiger partial charge in [-0.25, -0.2) is 0 Å². The van der Waals surface area contributed by atoms with Crippen LogP contribution in [-0.4, -0.2) is 51.7 Å². The number of rotatable bonds is 11. The summed E-state index contributed by atoms with van der Waals surface area (Å²) in [6, 6.07) is 1.52. The minimum absolute atomic E-state index is 0.192. The Morgan fingerprint density at radius 1 is 0.833 bits per heavy atom. The summed E-state index contributed by atoms with van der Waals surface area (Å²) in [4.78, 5) is 5.26. The zero-order valence-corrected chi connectivity index (χ0v) is 15.1. The first-order valence-electron chi connectivity index (χ1n) is 8.08. The van der Waals surface area contributed by atoms with Gasteiger partial charge in [-0.2, -0.15) is 0 Å². The van der Waals surface area contributed by atoms with E-state index in [9.17, 15) is 0 Å². The highest BCUT2D eigenvalue weighted by Gasteiger charge is 2.20. The third-order valence-electron chi connectivity index (χ3n) is 3.96. The maximum absolute atomic E-state index is 2.63. The van der Waals surface area contributed by atoms with Gasteiger partial charge in [0.25, 0.3) is 0 Å². The van der Waals surface area contributed by atoms with Gasteiger partial charge in [-0.15, -0.1) is 0 Å². The van der Waals surface area contributed by atoms with Gasteiger partial charge in [0.05, 0.1) is 6.17 Å². The van der Waals surface area contributed by atoms with Crippen molar-refractivity contribution >= 4 is 9.52 Å². The maximum atomic E-state index is 2.63. The molecule has 0 aromatic rings. The highest BCUT2D eigenvalue weighted by Crippen LogP contribution is 2.15. The van der Waals surface area contributed by atoms with Gasteiger partial charge in [0, 0.05) is 9.52 Å². The number of nitrogens with zero attached hydrogens (tertiary/aromatic N) is 2. The Kier molecular flexibility index (Phi) is 11.1. The molecule has 0 heterocycles. The lowest BCUT2D eigenvalue weighted by Gasteiger charge is -2.38. The van der Waals surface area contributed by atoms with Crippen molar-refractivity contribution in [2.24, 2.45) is 0 Å². The molecule has 0 N–H and O–H groups in total. The fourth-order valence-corrected chi connectivity index (χ4v) is 4.16. The Morgan fingerprint density at radius 3 is 1.61 bits per heavy atom. The summed E-state index contributed by atoms with van der Waals surface area (Å²) in [7, 11) is 0.192. The molecule has 0 aromatic heterocycles. The third-order valence-corrected chi connectivity index (χ3v) is 6.02. The van der Waals surface area contributed by atoms with Crippen LogP contribution in [0.5, 0.6) is 0 Å². The van der Waals surface area contributed by atoms with Crippen molar-refractivity contribution in [3.63, 3.8) is 0 Å². The summed E-state index contributed by atoms with van der Waals surface area (Å²) >= 11 is 0. The second kappa shape index (κ2) is 11.0. The summed E-state index contributed by atoms with van der Waals surface area (Å²) < 4.78 is 0. The number of hydrogen-bond donors (Lipinski definition) is 0. The zero-order valence-electron chi connectivity index (χ0n) is 13.7. The van der Waals surface area contributed by atoms with Crippen LogP contribution in [0.25, 0.3) is 0 Å². The quantitative estimate of drug-likeness (QED) is 0.324. The van der Waals surface area contributed by atoms with Crippen LogP contribution < -0.4 is 0 Å². The normalized spacial score (nSPS) is 13.0. The predicted octanol–water partition coefficient (Wildman–Crippen LogP) is 3.19. The van der Waals surface area contributed by atoms with Crippen LogP contribution in [0.15, 0.2) is 0 Å². The van der Waals surface area contributed by atoms with Crippen LogP contribution in [-0.2, 0) is 0 Å². The van der Waals surface area contributed by atoms with Gasteiger partial charge < -0.3 is 0 Å². The SMILES string of the molecule is CCN(CC)C(CCC[SiH2]C(C)C)N(CC)CC. The monoisotopic (exact) mass is 272 g/mol. The largest absolute Gasteiger partial charge is 0.288 e. The molecule has 0 aliphatic heterocycles. The molecule has 0 fully saturated rings. The molecular weight excluding hydrogens is 236 g/mol. The molecule has 0 bridgehead atoms. The molecule has 0 rings (SSSR count). The van der Waals surface area contributed by atoms with E-state index < -0.39 is 0 Å². The fourth-order valence-electron chi connectivity index (χ4n) is 2.77. The van der Waals surface area contributed by atoms with E-state index in [1.54, 1.807) is 0 Å². The first-order valence-corrected chi connectivity index (χ1v) is 9.90. The van der Waals surface area contributed by atoms with Crippen molar-refractivity contribution < 1.29 is 0 Å². The van der Waals surface area contributed by atoms with Gasteiger partial charge in [0.2, 0.25) is 0 Å². The molecule has 2 nitrogen and oxygen atoms in total. The maximum Gasteiger partial charge on any atom is 0.0621 e. The van der Waals surface area contributed by atoms with E-state index >= 15 is 0 Å². The average molecular weight is 273 g/mol. The molecule has 110 valence electrons. The van der Waals surface area contributed by atoms with E-state index in [2.05, 4.69) is 51.3 Å². The van der Waals surface area contributed by atoms with Crippen molar-refractivity contribution in [2.75, 3.05) is 26.2 Å². The summed E-state index contributed by atoms with van der Waals surface area (Å²) in [5.41, 5.74) is 0.991. The van der Waals surface area contributed by atoms with E-state index in [1.165, 1.54) is 45.1 Å². The van der Waals surface area contributed by atoms with Crippen LogP contribution >= 0.6 is 0 Å². The lowest BCUT2D eigenvalue weighted by Crippen LogP contribution is -2.48. The van der Waals surface area contributed by atoms with E-state index in [4.69, 9.17) is 0 Å².